The Labute approximate surface area is 243 Å². The number of para-hydroxylation sites is 5. The van der Waals surface area contributed by atoms with Crippen LogP contribution >= 0.6 is 0 Å². The van der Waals surface area contributed by atoms with E-state index in [0.29, 0.717) is 12.2 Å². The van der Waals surface area contributed by atoms with Gasteiger partial charge in [-0.25, -0.2) is 4.99 Å². The number of fused-ring (bicyclic) bond motifs is 6. The van der Waals surface area contributed by atoms with Gasteiger partial charge in [-0.3, -0.25) is 0 Å². The summed E-state index contributed by atoms with van der Waals surface area (Å²) in [6, 6.07) is 50.9. The molecule has 0 unspecified atom stereocenters. The first-order valence-corrected chi connectivity index (χ1v) is 14.2. The highest BCUT2D eigenvalue weighted by molar-refractivity contribution is 6.19. The maximum absolute atomic E-state index is 6.36. The molecule has 0 bridgehead atoms. The molecule has 0 atom stereocenters. The monoisotopic (exact) mass is 540 g/mol. The van der Waals surface area contributed by atoms with Gasteiger partial charge in [-0.15, -0.1) is 0 Å². The smallest absolute Gasteiger partial charge is 0.0863 e. The van der Waals surface area contributed by atoms with Crippen molar-refractivity contribution in [2.75, 3.05) is 5.73 Å². The second-order valence-corrected chi connectivity index (χ2v) is 10.7. The van der Waals surface area contributed by atoms with Crippen molar-refractivity contribution in [2.45, 2.75) is 6.54 Å². The molecule has 200 valence electrons. The Kier molecular flexibility index (Phi) is 5.64. The molecule has 2 heterocycles. The van der Waals surface area contributed by atoms with E-state index < -0.39 is 0 Å². The maximum Gasteiger partial charge on any atom is 0.0863 e. The Balaban J connectivity index is 1.43. The summed E-state index contributed by atoms with van der Waals surface area (Å²) in [5.74, 6) is 0. The number of aliphatic imine (C=N–C) groups is 1. The fraction of sp³-hybridized carbons (Fsp3) is 0.0263. The number of anilines is 1. The highest BCUT2D eigenvalue weighted by Gasteiger charge is 2.19. The van der Waals surface area contributed by atoms with E-state index in [2.05, 4.69) is 124 Å². The van der Waals surface area contributed by atoms with Crippen LogP contribution in [-0.2, 0) is 6.54 Å². The van der Waals surface area contributed by atoms with Crippen molar-refractivity contribution in [1.82, 2.24) is 9.13 Å². The van der Waals surface area contributed by atoms with Crippen molar-refractivity contribution < 1.29 is 0 Å². The highest BCUT2D eigenvalue weighted by Crippen LogP contribution is 2.38. The van der Waals surface area contributed by atoms with Gasteiger partial charge in [-0.1, -0.05) is 97.1 Å². The second kappa shape index (κ2) is 9.79. The Morgan fingerprint density at radius 1 is 0.524 bits per heavy atom. The van der Waals surface area contributed by atoms with Crippen LogP contribution in [0.15, 0.2) is 151 Å². The Morgan fingerprint density at radius 2 is 1.12 bits per heavy atom. The molecule has 0 saturated carbocycles. The first-order chi connectivity index (χ1) is 20.8. The minimum Gasteiger partial charge on any atom is -0.397 e. The summed E-state index contributed by atoms with van der Waals surface area (Å²) >= 11 is 0. The number of hydrogen-bond donors (Lipinski definition) is 1. The molecular weight excluding hydrogens is 512 g/mol. The molecular formula is C38H28N4. The number of aromatic nitrogens is 2. The lowest BCUT2D eigenvalue weighted by Gasteiger charge is -2.13. The average Bonchev–Trinajstić information content (AvgIpc) is 3.53. The molecule has 0 aliphatic heterocycles. The van der Waals surface area contributed by atoms with E-state index in [1.165, 1.54) is 43.6 Å². The molecule has 0 spiro atoms. The summed E-state index contributed by atoms with van der Waals surface area (Å²) in [5.41, 5.74) is 15.7. The molecule has 4 nitrogen and oxygen atoms in total. The second-order valence-electron chi connectivity index (χ2n) is 10.7. The zero-order valence-corrected chi connectivity index (χ0v) is 23.0. The van der Waals surface area contributed by atoms with Gasteiger partial charge in [0.2, 0.25) is 0 Å². The minimum absolute atomic E-state index is 0.597. The first kappa shape index (κ1) is 24.2. The largest absolute Gasteiger partial charge is 0.397 e. The summed E-state index contributed by atoms with van der Waals surface area (Å²) in [7, 11) is 0. The standard InChI is InChI=1S/C38H28N4/c39-32-19-9-10-20-33(32)40-34(26-13-3-1-4-14-26)25-41-35-21-11-7-17-28(35)30-23-31-29-18-8-12-22-36(29)42(38(31)24-37(30)41)27-15-5-2-6-16-27/h1-24H,25,39H2/b40-34+. The molecule has 0 radical (unpaired) electrons. The number of nitrogens with zero attached hydrogens (tertiary/aromatic N) is 3. The van der Waals surface area contributed by atoms with Gasteiger partial charge in [-0.05, 0) is 54.1 Å². The predicted molar refractivity (Wildman–Crippen MR) is 177 cm³/mol. The Hall–Kier alpha value is -5.61. The van der Waals surface area contributed by atoms with Crippen molar-refractivity contribution in [3.05, 3.63) is 151 Å². The average molecular weight is 541 g/mol. The van der Waals surface area contributed by atoms with Crippen molar-refractivity contribution in [1.29, 1.82) is 0 Å². The SMILES string of the molecule is Nc1ccccc1/N=C(\Cn1c2ccccc2c2cc3c4ccccc4n(-c4ccccc4)c3cc21)c1ccccc1. The van der Waals surface area contributed by atoms with E-state index in [4.69, 9.17) is 10.7 Å². The van der Waals surface area contributed by atoms with Crippen molar-refractivity contribution in [2.24, 2.45) is 4.99 Å². The topological polar surface area (TPSA) is 48.2 Å². The maximum atomic E-state index is 6.36. The van der Waals surface area contributed by atoms with Gasteiger partial charge >= 0.3 is 0 Å². The van der Waals surface area contributed by atoms with Crippen LogP contribution < -0.4 is 5.73 Å². The molecule has 0 fully saturated rings. The number of hydrogen-bond acceptors (Lipinski definition) is 2. The number of benzene rings is 6. The summed E-state index contributed by atoms with van der Waals surface area (Å²) in [5, 5.41) is 4.97. The molecule has 0 amide bonds. The van der Waals surface area contributed by atoms with Gasteiger partial charge in [0.1, 0.15) is 0 Å². The van der Waals surface area contributed by atoms with Crippen molar-refractivity contribution >= 4 is 60.7 Å². The molecule has 8 aromatic rings. The van der Waals surface area contributed by atoms with Gasteiger partial charge < -0.3 is 14.9 Å². The van der Waals surface area contributed by atoms with Crippen LogP contribution in [0.5, 0.6) is 0 Å². The Morgan fingerprint density at radius 3 is 1.88 bits per heavy atom. The third-order valence-corrected chi connectivity index (χ3v) is 8.19. The lowest BCUT2D eigenvalue weighted by atomic mass is 10.1. The quantitative estimate of drug-likeness (QED) is 0.172. The highest BCUT2D eigenvalue weighted by atomic mass is 15.0. The van der Waals surface area contributed by atoms with E-state index >= 15 is 0 Å². The summed E-state index contributed by atoms with van der Waals surface area (Å²) in [4.78, 5) is 5.14. The van der Waals surface area contributed by atoms with Gasteiger partial charge in [0.05, 0.1) is 40.2 Å². The van der Waals surface area contributed by atoms with Crippen LogP contribution in [0, 0.1) is 0 Å². The van der Waals surface area contributed by atoms with Crippen LogP contribution in [0.2, 0.25) is 0 Å². The normalized spacial score (nSPS) is 12.1. The molecule has 6 aromatic carbocycles. The first-order valence-electron chi connectivity index (χ1n) is 14.2. The number of nitrogen functional groups attached to an aromatic ring is 1. The lowest BCUT2D eigenvalue weighted by Crippen LogP contribution is -2.11. The zero-order valence-electron chi connectivity index (χ0n) is 23.0. The fourth-order valence-electron chi connectivity index (χ4n) is 6.24. The van der Waals surface area contributed by atoms with Crippen LogP contribution in [0.4, 0.5) is 11.4 Å². The van der Waals surface area contributed by atoms with E-state index in [1.807, 2.05) is 30.3 Å². The van der Waals surface area contributed by atoms with E-state index in [-0.39, 0.29) is 0 Å². The molecule has 0 saturated heterocycles. The molecule has 4 heteroatoms. The molecule has 0 aliphatic carbocycles. The fourth-order valence-corrected chi connectivity index (χ4v) is 6.24. The van der Waals surface area contributed by atoms with Crippen LogP contribution in [0.25, 0.3) is 49.3 Å². The number of rotatable bonds is 5. The van der Waals surface area contributed by atoms with E-state index in [1.54, 1.807) is 0 Å². The molecule has 42 heavy (non-hydrogen) atoms. The lowest BCUT2D eigenvalue weighted by molar-refractivity contribution is 0.934. The van der Waals surface area contributed by atoms with Crippen LogP contribution in [0.1, 0.15) is 5.56 Å². The van der Waals surface area contributed by atoms with Crippen molar-refractivity contribution in [3.8, 4) is 5.69 Å². The number of nitrogens with two attached hydrogens (primary N) is 1. The predicted octanol–water partition coefficient (Wildman–Crippen LogP) is 9.29. The van der Waals surface area contributed by atoms with Crippen molar-refractivity contribution in [3.63, 3.8) is 0 Å². The minimum atomic E-state index is 0.597. The van der Waals surface area contributed by atoms with E-state index in [9.17, 15) is 0 Å². The van der Waals surface area contributed by atoms with E-state index in [0.717, 1.165) is 22.6 Å². The zero-order chi connectivity index (χ0) is 28.0. The van der Waals surface area contributed by atoms with Crippen LogP contribution in [-0.4, -0.2) is 14.8 Å². The van der Waals surface area contributed by atoms with Gasteiger partial charge in [0, 0.05) is 32.7 Å². The molecule has 2 aromatic heterocycles. The summed E-state index contributed by atoms with van der Waals surface area (Å²) in [6.07, 6.45) is 0. The molecule has 2 N–H and O–H groups in total. The van der Waals surface area contributed by atoms with Gasteiger partial charge in [-0.2, -0.15) is 0 Å². The molecule has 8 rings (SSSR count). The molecule has 0 aliphatic rings. The Bertz CT molecular complexity index is 2270. The van der Waals surface area contributed by atoms with Gasteiger partial charge in [0.15, 0.2) is 0 Å². The summed E-state index contributed by atoms with van der Waals surface area (Å²) in [6.45, 7) is 0.597. The van der Waals surface area contributed by atoms with Crippen LogP contribution in [0.3, 0.4) is 0 Å². The summed E-state index contributed by atoms with van der Waals surface area (Å²) < 4.78 is 4.78. The third kappa shape index (κ3) is 3.88. The third-order valence-electron chi connectivity index (χ3n) is 8.19. The van der Waals surface area contributed by atoms with Gasteiger partial charge in [0.25, 0.3) is 0 Å².